The molecule has 0 unspecified atom stereocenters. The summed E-state index contributed by atoms with van der Waals surface area (Å²) in [6.07, 6.45) is 0. The summed E-state index contributed by atoms with van der Waals surface area (Å²) in [7, 11) is 0. The Hall–Kier alpha value is 4.75. The van der Waals surface area contributed by atoms with E-state index in [1.807, 2.05) is 0 Å². The summed E-state index contributed by atoms with van der Waals surface area (Å²) in [6, 6.07) is 0. The summed E-state index contributed by atoms with van der Waals surface area (Å²) < 4.78 is 0. The molecule has 0 saturated carbocycles. The maximum Gasteiger partial charge on any atom is 1.00 e. The van der Waals surface area contributed by atoms with Crippen molar-refractivity contribution in [2.45, 2.75) is 0 Å². The molecule has 0 aromatic rings. The van der Waals surface area contributed by atoms with Crippen LogP contribution in [0.3, 0.4) is 0 Å². The van der Waals surface area contributed by atoms with Crippen molar-refractivity contribution in [3.63, 3.8) is 0 Å². The number of hydrogen-bond donors (Lipinski definition) is 0. The molecule has 4 nitrogen and oxygen atoms in total. The first kappa shape index (κ1) is 26.3. The second-order valence-electron chi connectivity index (χ2n) is 1.95. The van der Waals surface area contributed by atoms with Crippen molar-refractivity contribution in [2.24, 2.45) is 0 Å². The molecular weight excluding hydrogens is 251 g/mol. The second kappa shape index (κ2) is 22.0. The normalized spacial score (nSPS) is 8.31. The molecule has 0 aliphatic heterocycles. The Morgan fingerprint density at radius 1 is 0.615 bits per heavy atom. The van der Waals surface area contributed by atoms with Gasteiger partial charge in [-0.25, -0.2) is 0 Å². The third-order valence-corrected chi connectivity index (χ3v) is 1.22. The van der Waals surface area contributed by atoms with E-state index < -0.39 is 0 Å². The Morgan fingerprint density at radius 2 is 0.846 bits per heavy atom. The van der Waals surface area contributed by atoms with Crippen LogP contribution in [0.15, 0.2) is 0 Å². The maximum absolute atomic E-state index is 10.0. The molecule has 0 aliphatic carbocycles. The van der Waals surface area contributed by atoms with E-state index in [0.717, 1.165) is 0 Å². The van der Waals surface area contributed by atoms with Crippen molar-refractivity contribution in [3.05, 3.63) is 0 Å². The predicted octanol–water partition coefficient (Wildman–Crippen LogP) is -12.6. The molecule has 7 heteroatoms. The van der Waals surface area contributed by atoms with Crippen LogP contribution in [0.2, 0.25) is 0 Å². The van der Waals surface area contributed by atoms with Crippen LogP contribution in [0.1, 0.15) is 0 Å². The van der Waals surface area contributed by atoms with E-state index in [1.165, 1.54) is 0 Å². The van der Waals surface area contributed by atoms with Gasteiger partial charge in [-0.3, -0.25) is 0 Å². The zero-order valence-corrected chi connectivity index (χ0v) is 18.3. The Morgan fingerprint density at radius 3 is 1.00 bits per heavy atom. The van der Waals surface area contributed by atoms with E-state index in [9.17, 15) is 15.3 Å². The van der Waals surface area contributed by atoms with Crippen LogP contribution in [0, 0.1) is 0 Å². The standard InChI is InChI=1S/C6H12NO3.3K/c8-4-1-7(2-5-9)3-6-10;;;/h1-6H2;;;/q-3;3*+1. The van der Waals surface area contributed by atoms with Gasteiger partial charge in [-0.2, -0.15) is 0 Å². The molecule has 0 radical (unpaired) electrons. The molecule has 62 valence electrons. The minimum absolute atomic E-state index is 0. The monoisotopic (exact) mass is 263 g/mol. The van der Waals surface area contributed by atoms with E-state index in [1.54, 1.807) is 4.90 Å². The van der Waals surface area contributed by atoms with Crippen LogP contribution in [0.25, 0.3) is 0 Å². The summed E-state index contributed by atoms with van der Waals surface area (Å²) in [5, 5.41) is 30.1. The fourth-order valence-electron chi connectivity index (χ4n) is 0.723. The number of nitrogens with zero attached hydrogens (tertiary/aromatic N) is 1. The van der Waals surface area contributed by atoms with Crippen LogP contribution in [0.4, 0.5) is 0 Å². The zero-order valence-electron chi connectivity index (χ0n) is 8.91. The molecule has 0 bridgehead atoms. The summed E-state index contributed by atoms with van der Waals surface area (Å²) in [5.41, 5.74) is 0. The Bertz CT molecular complexity index is 65.9. The number of rotatable bonds is 6. The van der Waals surface area contributed by atoms with Crippen LogP contribution in [-0.2, 0) is 0 Å². The van der Waals surface area contributed by atoms with Gasteiger partial charge in [-0.15, -0.1) is 19.8 Å². The smallest absolute Gasteiger partial charge is 0.854 e. The van der Waals surface area contributed by atoms with E-state index in [0.29, 0.717) is 19.6 Å². The Balaban J connectivity index is -0.000000135. The zero-order chi connectivity index (χ0) is 7.82. The second-order valence-corrected chi connectivity index (χ2v) is 1.95. The van der Waals surface area contributed by atoms with E-state index >= 15 is 0 Å². The molecule has 0 aliphatic rings. The van der Waals surface area contributed by atoms with Crippen molar-refractivity contribution in [3.8, 4) is 0 Å². The first-order valence-corrected chi connectivity index (χ1v) is 3.31. The summed E-state index contributed by atoms with van der Waals surface area (Å²) in [6.45, 7) is 0.263. The quantitative estimate of drug-likeness (QED) is 0.446. The molecule has 0 rings (SSSR count). The van der Waals surface area contributed by atoms with Gasteiger partial charge in [0, 0.05) is 0 Å². The van der Waals surface area contributed by atoms with Crippen molar-refractivity contribution < 1.29 is 169 Å². The molecule has 0 saturated heterocycles. The fraction of sp³-hybridized carbons (Fsp3) is 1.00. The first-order valence-electron chi connectivity index (χ1n) is 3.31. The minimum Gasteiger partial charge on any atom is -0.854 e. The largest absolute Gasteiger partial charge is 1.00 e. The molecule has 0 atom stereocenters. The molecule has 0 N–H and O–H groups in total. The van der Waals surface area contributed by atoms with Gasteiger partial charge in [-0.05, 0) is 19.6 Å². The van der Waals surface area contributed by atoms with Gasteiger partial charge in [0.15, 0.2) is 0 Å². The van der Waals surface area contributed by atoms with Crippen molar-refractivity contribution in [1.29, 1.82) is 0 Å². The number of hydrogen-bond acceptors (Lipinski definition) is 4. The van der Waals surface area contributed by atoms with Crippen LogP contribution in [-0.4, -0.2) is 44.4 Å². The molecule has 0 heterocycles. The van der Waals surface area contributed by atoms with Gasteiger partial charge in [0.2, 0.25) is 0 Å². The van der Waals surface area contributed by atoms with Crippen molar-refractivity contribution >= 4 is 0 Å². The van der Waals surface area contributed by atoms with Gasteiger partial charge < -0.3 is 20.2 Å². The predicted molar refractivity (Wildman–Crippen MR) is 31.0 cm³/mol. The maximum atomic E-state index is 10.0. The average molecular weight is 263 g/mol. The van der Waals surface area contributed by atoms with Gasteiger partial charge >= 0.3 is 154 Å². The van der Waals surface area contributed by atoms with Gasteiger partial charge in [0.05, 0.1) is 0 Å². The van der Waals surface area contributed by atoms with Gasteiger partial charge in [0.25, 0.3) is 0 Å². The van der Waals surface area contributed by atoms with Gasteiger partial charge in [-0.1, -0.05) is 0 Å². The van der Waals surface area contributed by atoms with Crippen molar-refractivity contribution in [2.75, 3.05) is 39.5 Å². The fourth-order valence-corrected chi connectivity index (χ4v) is 0.723. The molecular formula is C6H12K3NO3. The summed E-state index contributed by atoms with van der Waals surface area (Å²) in [5.74, 6) is 0. The third-order valence-electron chi connectivity index (χ3n) is 1.22. The third kappa shape index (κ3) is 19.3. The summed E-state index contributed by atoms with van der Waals surface area (Å²) in [4.78, 5) is 1.60. The Kier molecular flexibility index (Phi) is 44.5. The van der Waals surface area contributed by atoms with Crippen LogP contribution in [0.5, 0.6) is 0 Å². The molecule has 0 aromatic heterocycles. The van der Waals surface area contributed by atoms with Crippen LogP contribution < -0.4 is 169 Å². The van der Waals surface area contributed by atoms with Gasteiger partial charge in [0.1, 0.15) is 0 Å². The van der Waals surface area contributed by atoms with E-state index in [4.69, 9.17) is 0 Å². The van der Waals surface area contributed by atoms with Crippen LogP contribution >= 0.6 is 0 Å². The SMILES string of the molecule is [K+].[K+].[K+].[O-]CCN(CC[O-])CC[O-]. The first-order chi connectivity index (χ1) is 4.85. The van der Waals surface area contributed by atoms with E-state index in [2.05, 4.69) is 0 Å². The molecule has 0 amide bonds. The molecule has 0 fully saturated rings. The van der Waals surface area contributed by atoms with E-state index in [-0.39, 0.29) is 174 Å². The molecule has 0 spiro atoms. The summed E-state index contributed by atoms with van der Waals surface area (Å²) >= 11 is 0. The Labute approximate surface area is 207 Å². The average Bonchev–Trinajstić information content (AvgIpc) is 1.90. The van der Waals surface area contributed by atoms with Crippen molar-refractivity contribution in [1.82, 2.24) is 4.90 Å². The minimum atomic E-state index is -0.236. The molecule has 0 aromatic carbocycles. The molecule has 13 heavy (non-hydrogen) atoms. The topological polar surface area (TPSA) is 72.4 Å².